The normalized spacial score (nSPS) is 26.6. The van der Waals surface area contributed by atoms with Gasteiger partial charge in [0.05, 0.1) is 0 Å². The quantitative estimate of drug-likeness (QED) is 0.749. The number of likely N-dealkylation sites (N-methyl/N-ethyl adjacent to an activating group) is 1. The van der Waals surface area contributed by atoms with E-state index in [-0.39, 0.29) is 0 Å². The second-order valence-electron chi connectivity index (χ2n) is 5.36. The molecule has 1 saturated heterocycles. The maximum Gasteiger partial charge on any atom is 0.0220 e. The summed E-state index contributed by atoms with van der Waals surface area (Å²) < 4.78 is 0. The minimum absolute atomic E-state index is 0.658. The summed E-state index contributed by atoms with van der Waals surface area (Å²) in [7, 11) is 0. The Morgan fingerprint density at radius 3 is 2.62 bits per heavy atom. The molecule has 1 aliphatic heterocycles. The number of hydrogen-bond acceptors (Lipinski definition) is 2. The van der Waals surface area contributed by atoms with E-state index in [1.54, 1.807) is 0 Å². The van der Waals surface area contributed by atoms with Crippen molar-refractivity contribution in [3.05, 3.63) is 0 Å². The molecule has 0 aliphatic carbocycles. The number of likely N-dealkylation sites (tertiary alicyclic amines) is 1. The van der Waals surface area contributed by atoms with Crippen molar-refractivity contribution < 1.29 is 0 Å². The summed E-state index contributed by atoms with van der Waals surface area (Å²) in [6, 6.07) is 1.44. The Morgan fingerprint density at radius 1 is 1.25 bits per heavy atom. The van der Waals surface area contributed by atoms with Crippen molar-refractivity contribution in [1.29, 1.82) is 0 Å². The molecule has 0 aromatic rings. The summed E-state index contributed by atoms with van der Waals surface area (Å²) in [4.78, 5) is 2.64. The van der Waals surface area contributed by atoms with Crippen molar-refractivity contribution in [2.75, 3.05) is 19.6 Å². The van der Waals surface area contributed by atoms with Crippen LogP contribution in [0.25, 0.3) is 0 Å². The number of rotatable bonds is 6. The number of nitrogens with one attached hydrogen (secondary N) is 1. The van der Waals surface area contributed by atoms with Crippen molar-refractivity contribution in [2.24, 2.45) is 5.92 Å². The van der Waals surface area contributed by atoms with Gasteiger partial charge in [-0.05, 0) is 38.8 Å². The Kier molecular flexibility index (Phi) is 6.37. The van der Waals surface area contributed by atoms with Gasteiger partial charge >= 0.3 is 0 Å². The first kappa shape index (κ1) is 14.0. The average molecular weight is 226 g/mol. The Bertz CT molecular complexity index is 182. The highest BCUT2D eigenvalue weighted by Gasteiger charge is 2.21. The van der Waals surface area contributed by atoms with Crippen LogP contribution in [0.4, 0.5) is 0 Å². The molecule has 1 aliphatic rings. The number of piperidine rings is 1. The Labute approximate surface area is 102 Å². The topological polar surface area (TPSA) is 15.3 Å². The van der Waals surface area contributed by atoms with Crippen LogP contribution in [-0.2, 0) is 0 Å². The molecule has 1 rings (SSSR count). The SMILES string of the molecule is CCC(C)C(C)NCC1CCCCN1CC. The molecule has 0 amide bonds. The summed E-state index contributed by atoms with van der Waals surface area (Å²) in [5, 5.41) is 3.73. The van der Waals surface area contributed by atoms with Gasteiger partial charge in [0, 0.05) is 18.6 Å². The Hall–Kier alpha value is -0.0800. The van der Waals surface area contributed by atoms with Crippen LogP contribution in [0.5, 0.6) is 0 Å². The van der Waals surface area contributed by atoms with Crippen LogP contribution in [0.3, 0.4) is 0 Å². The zero-order valence-electron chi connectivity index (χ0n) is 11.6. The lowest BCUT2D eigenvalue weighted by atomic mass is 9.98. The highest BCUT2D eigenvalue weighted by atomic mass is 15.2. The lowest BCUT2D eigenvalue weighted by molar-refractivity contribution is 0.148. The van der Waals surface area contributed by atoms with E-state index >= 15 is 0 Å². The lowest BCUT2D eigenvalue weighted by Gasteiger charge is -2.36. The smallest absolute Gasteiger partial charge is 0.0220 e. The lowest BCUT2D eigenvalue weighted by Crippen LogP contribution is -2.47. The van der Waals surface area contributed by atoms with Gasteiger partial charge in [0.2, 0.25) is 0 Å². The third-order valence-electron chi connectivity index (χ3n) is 4.33. The fourth-order valence-electron chi connectivity index (χ4n) is 2.58. The molecular formula is C14H30N2. The van der Waals surface area contributed by atoms with E-state index in [2.05, 4.69) is 37.9 Å². The molecule has 2 heteroatoms. The summed E-state index contributed by atoms with van der Waals surface area (Å²) in [6.45, 7) is 12.9. The van der Waals surface area contributed by atoms with E-state index in [0.717, 1.165) is 12.0 Å². The largest absolute Gasteiger partial charge is 0.312 e. The van der Waals surface area contributed by atoms with Gasteiger partial charge < -0.3 is 5.32 Å². The molecule has 0 radical (unpaired) electrons. The first-order valence-corrected chi connectivity index (χ1v) is 7.16. The Morgan fingerprint density at radius 2 is 2.00 bits per heavy atom. The van der Waals surface area contributed by atoms with Gasteiger partial charge in [-0.15, -0.1) is 0 Å². The molecular weight excluding hydrogens is 196 g/mol. The minimum atomic E-state index is 0.658. The zero-order chi connectivity index (χ0) is 12.0. The molecule has 0 bridgehead atoms. The van der Waals surface area contributed by atoms with Gasteiger partial charge in [-0.3, -0.25) is 4.90 Å². The molecule has 16 heavy (non-hydrogen) atoms. The zero-order valence-corrected chi connectivity index (χ0v) is 11.6. The standard InChI is InChI=1S/C14H30N2/c1-5-12(3)13(4)15-11-14-9-7-8-10-16(14)6-2/h12-15H,5-11H2,1-4H3. The molecule has 1 heterocycles. The van der Waals surface area contributed by atoms with Crippen molar-refractivity contribution in [3.63, 3.8) is 0 Å². The fraction of sp³-hybridized carbons (Fsp3) is 1.00. The van der Waals surface area contributed by atoms with E-state index in [1.807, 2.05) is 0 Å². The molecule has 3 unspecified atom stereocenters. The second-order valence-corrected chi connectivity index (χ2v) is 5.36. The molecule has 2 nitrogen and oxygen atoms in total. The molecule has 1 N–H and O–H groups in total. The monoisotopic (exact) mass is 226 g/mol. The van der Waals surface area contributed by atoms with E-state index in [1.165, 1.54) is 45.3 Å². The molecule has 3 atom stereocenters. The van der Waals surface area contributed by atoms with Gasteiger partial charge in [0.15, 0.2) is 0 Å². The van der Waals surface area contributed by atoms with Crippen molar-refractivity contribution in [2.45, 2.75) is 65.5 Å². The number of hydrogen-bond donors (Lipinski definition) is 1. The number of nitrogens with zero attached hydrogens (tertiary/aromatic N) is 1. The molecule has 0 spiro atoms. The van der Waals surface area contributed by atoms with E-state index in [0.29, 0.717) is 6.04 Å². The van der Waals surface area contributed by atoms with Crippen molar-refractivity contribution in [3.8, 4) is 0 Å². The predicted octanol–water partition coefficient (Wildman–Crippen LogP) is 2.89. The van der Waals surface area contributed by atoms with Crippen LogP contribution in [0, 0.1) is 5.92 Å². The summed E-state index contributed by atoms with van der Waals surface area (Å²) in [5.74, 6) is 0.790. The molecule has 0 saturated carbocycles. The third kappa shape index (κ3) is 4.06. The van der Waals surface area contributed by atoms with Crippen LogP contribution in [0.15, 0.2) is 0 Å². The molecule has 1 fully saturated rings. The minimum Gasteiger partial charge on any atom is -0.312 e. The van der Waals surface area contributed by atoms with E-state index in [4.69, 9.17) is 0 Å². The van der Waals surface area contributed by atoms with Gasteiger partial charge in [0.25, 0.3) is 0 Å². The molecule has 0 aromatic heterocycles. The predicted molar refractivity (Wildman–Crippen MR) is 71.8 cm³/mol. The third-order valence-corrected chi connectivity index (χ3v) is 4.33. The van der Waals surface area contributed by atoms with Crippen LogP contribution in [0.1, 0.15) is 53.4 Å². The van der Waals surface area contributed by atoms with Gasteiger partial charge in [-0.2, -0.15) is 0 Å². The second kappa shape index (κ2) is 7.29. The highest BCUT2D eigenvalue weighted by Crippen LogP contribution is 2.16. The maximum absolute atomic E-state index is 3.73. The van der Waals surface area contributed by atoms with Crippen LogP contribution in [0.2, 0.25) is 0 Å². The summed E-state index contributed by atoms with van der Waals surface area (Å²) in [6.07, 6.45) is 5.47. The Balaban J connectivity index is 2.29. The van der Waals surface area contributed by atoms with Gasteiger partial charge in [0.1, 0.15) is 0 Å². The summed E-state index contributed by atoms with van der Waals surface area (Å²) >= 11 is 0. The summed E-state index contributed by atoms with van der Waals surface area (Å²) in [5.41, 5.74) is 0. The van der Waals surface area contributed by atoms with Crippen LogP contribution >= 0.6 is 0 Å². The average Bonchev–Trinajstić information content (AvgIpc) is 2.35. The first-order chi connectivity index (χ1) is 7.69. The van der Waals surface area contributed by atoms with Crippen LogP contribution < -0.4 is 5.32 Å². The van der Waals surface area contributed by atoms with E-state index in [9.17, 15) is 0 Å². The van der Waals surface area contributed by atoms with Gasteiger partial charge in [-0.1, -0.05) is 33.6 Å². The van der Waals surface area contributed by atoms with Crippen molar-refractivity contribution in [1.82, 2.24) is 10.2 Å². The van der Waals surface area contributed by atoms with E-state index < -0.39 is 0 Å². The molecule has 0 aromatic carbocycles. The molecule has 96 valence electrons. The highest BCUT2D eigenvalue weighted by molar-refractivity contribution is 4.80. The van der Waals surface area contributed by atoms with Crippen molar-refractivity contribution >= 4 is 0 Å². The fourth-order valence-corrected chi connectivity index (χ4v) is 2.58. The van der Waals surface area contributed by atoms with Gasteiger partial charge in [-0.25, -0.2) is 0 Å². The first-order valence-electron chi connectivity index (χ1n) is 7.16. The maximum atomic E-state index is 3.73. The van der Waals surface area contributed by atoms with Crippen LogP contribution in [-0.4, -0.2) is 36.6 Å².